The van der Waals surface area contributed by atoms with Gasteiger partial charge in [0.2, 0.25) is 18.2 Å². The summed E-state index contributed by atoms with van der Waals surface area (Å²) in [7, 11) is 0. The number of rotatable bonds is 13. The molecule has 31 heavy (non-hydrogen) atoms. The van der Waals surface area contributed by atoms with Crippen molar-refractivity contribution in [3.05, 3.63) is 0 Å². The average Bonchev–Trinajstić information content (AvgIpc) is 3.05. The van der Waals surface area contributed by atoms with E-state index in [1.807, 2.05) is 5.32 Å². The van der Waals surface area contributed by atoms with E-state index in [1.165, 1.54) is 0 Å². The lowest BCUT2D eigenvalue weighted by Gasteiger charge is -2.27. The first-order chi connectivity index (χ1) is 14.3. The maximum absolute atomic E-state index is 12.7. The summed E-state index contributed by atoms with van der Waals surface area (Å²) in [4.78, 5) is 58.6. The van der Waals surface area contributed by atoms with E-state index >= 15 is 0 Å². The van der Waals surface area contributed by atoms with Crippen molar-refractivity contribution in [2.45, 2.75) is 63.8 Å². The van der Waals surface area contributed by atoms with Gasteiger partial charge in [-0.2, -0.15) is 0 Å². The molecule has 0 saturated carbocycles. The van der Waals surface area contributed by atoms with Crippen molar-refractivity contribution in [1.82, 2.24) is 10.6 Å². The van der Waals surface area contributed by atoms with Gasteiger partial charge in [-0.1, -0.05) is 13.8 Å². The minimum Gasteiger partial charge on any atom is -0.481 e. The lowest BCUT2D eigenvalue weighted by Crippen LogP contribution is -2.54. The van der Waals surface area contributed by atoms with Crippen LogP contribution in [-0.4, -0.2) is 77.3 Å². The van der Waals surface area contributed by atoms with E-state index in [4.69, 9.17) is 19.7 Å². The van der Waals surface area contributed by atoms with Crippen LogP contribution < -0.4 is 10.6 Å². The smallest absolute Gasteiger partial charge is 0.374 e. The first-order valence-electron chi connectivity index (χ1n) is 9.50. The molecule has 1 heterocycles. The molecule has 13 heteroatoms. The molecule has 0 aromatic heterocycles. The number of nitrogens with one attached hydrogen (secondary N) is 2. The first-order valence-corrected chi connectivity index (χ1v) is 9.50. The summed E-state index contributed by atoms with van der Waals surface area (Å²) in [5.74, 6) is -8.56. The van der Waals surface area contributed by atoms with Gasteiger partial charge in [0.15, 0.2) is 5.79 Å². The van der Waals surface area contributed by atoms with Crippen LogP contribution in [0.2, 0.25) is 0 Å². The number of carboxylic acids is 2. The zero-order chi connectivity index (χ0) is 23.8. The fourth-order valence-corrected chi connectivity index (χ4v) is 3.02. The number of halogens is 2. The summed E-state index contributed by atoms with van der Waals surface area (Å²) >= 11 is 0. The van der Waals surface area contributed by atoms with Crippen LogP contribution in [0.4, 0.5) is 8.78 Å². The van der Waals surface area contributed by atoms with E-state index in [1.54, 1.807) is 13.8 Å². The van der Waals surface area contributed by atoms with E-state index < -0.39 is 73.1 Å². The maximum Gasteiger partial charge on any atom is 0.374 e. The molecule has 0 bridgehead atoms. The third-order valence-electron chi connectivity index (χ3n) is 4.28. The monoisotopic (exact) mass is 452 g/mol. The summed E-state index contributed by atoms with van der Waals surface area (Å²) in [5, 5.41) is 22.1. The van der Waals surface area contributed by atoms with Gasteiger partial charge in [0, 0.05) is 6.42 Å². The van der Waals surface area contributed by atoms with Crippen molar-refractivity contribution in [2.75, 3.05) is 13.2 Å². The number of carbonyl (C=O) groups is 5. The van der Waals surface area contributed by atoms with Gasteiger partial charge in [-0.05, 0) is 12.3 Å². The molecule has 176 valence electrons. The molecule has 1 saturated heterocycles. The molecule has 1 aliphatic heterocycles. The van der Waals surface area contributed by atoms with Gasteiger partial charge in [-0.25, -0.2) is 13.6 Å². The Morgan fingerprint density at radius 3 is 1.97 bits per heavy atom. The summed E-state index contributed by atoms with van der Waals surface area (Å²) in [6.07, 6.45) is -5.39. The summed E-state index contributed by atoms with van der Waals surface area (Å²) in [6, 6.07) is -3.27. The van der Waals surface area contributed by atoms with Crippen molar-refractivity contribution in [3.8, 4) is 0 Å². The number of amides is 2. The number of carbonyl (C=O) groups excluding carboxylic acids is 3. The zero-order valence-electron chi connectivity index (χ0n) is 17.1. The molecule has 0 aromatic carbocycles. The number of Topliss-reactive ketones (excluding diaryl/α,β-unsaturated/α-hetero) is 1. The van der Waals surface area contributed by atoms with Gasteiger partial charge in [0.25, 0.3) is 5.78 Å². The van der Waals surface area contributed by atoms with Crippen LogP contribution >= 0.6 is 0 Å². The number of carboxylic acid groups (broad SMARTS) is 2. The molecule has 1 aliphatic rings. The second-order valence-corrected chi connectivity index (χ2v) is 7.46. The van der Waals surface area contributed by atoms with Crippen molar-refractivity contribution < 1.29 is 52.4 Å². The molecule has 0 radical (unpaired) electrons. The number of ketones is 1. The number of aliphatic carboxylic acids is 2. The minimum atomic E-state index is -3.06. The van der Waals surface area contributed by atoms with Crippen LogP contribution in [0, 0.1) is 5.92 Å². The highest BCUT2D eigenvalue weighted by atomic mass is 19.3. The molecule has 11 nitrogen and oxygen atoms in total. The standard InChI is InChI=1S/C18H26F2N2O9/c1-9(2)5-11(16(27)22-10(6-12(19)20)15(26)17(28)29)21-13(23)7-18(8-14(24)25)30-3-4-31-18/h9-12H,3-8H2,1-2H3,(H,21,23)(H,22,27)(H,24,25)(H,28,29). The van der Waals surface area contributed by atoms with E-state index in [9.17, 15) is 32.8 Å². The number of alkyl halides is 2. The topological polar surface area (TPSA) is 168 Å². The predicted octanol–water partition coefficient (Wildman–Crippen LogP) is -0.0811. The van der Waals surface area contributed by atoms with Crippen LogP contribution in [0.1, 0.15) is 39.5 Å². The Hall–Kier alpha value is -2.67. The zero-order valence-corrected chi connectivity index (χ0v) is 17.1. The van der Waals surface area contributed by atoms with Crippen molar-refractivity contribution in [1.29, 1.82) is 0 Å². The van der Waals surface area contributed by atoms with Gasteiger partial charge in [0.05, 0.1) is 26.1 Å². The van der Waals surface area contributed by atoms with E-state index in [-0.39, 0.29) is 25.6 Å². The number of hydrogen-bond acceptors (Lipinski definition) is 7. The molecule has 0 aromatic rings. The van der Waals surface area contributed by atoms with Crippen LogP contribution in [0.5, 0.6) is 0 Å². The van der Waals surface area contributed by atoms with Gasteiger partial charge in [-0.3, -0.25) is 19.2 Å². The normalized spacial score (nSPS) is 17.2. The lowest BCUT2D eigenvalue weighted by molar-refractivity contribution is -0.184. The Morgan fingerprint density at radius 2 is 1.52 bits per heavy atom. The molecule has 2 unspecified atom stereocenters. The number of ether oxygens (including phenoxy) is 2. The van der Waals surface area contributed by atoms with Crippen LogP contribution in [-0.2, 0) is 33.4 Å². The Kier molecular flexibility index (Phi) is 9.91. The molecule has 0 spiro atoms. The highest BCUT2D eigenvalue weighted by molar-refractivity contribution is 6.35. The Labute approximate surface area is 176 Å². The maximum atomic E-state index is 12.7. The summed E-state index contributed by atoms with van der Waals surface area (Å²) in [5.41, 5.74) is 0. The second-order valence-electron chi connectivity index (χ2n) is 7.46. The van der Waals surface area contributed by atoms with E-state index in [2.05, 4.69) is 5.32 Å². The minimum absolute atomic E-state index is 0.0356. The van der Waals surface area contributed by atoms with Gasteiger partial charge >= 0.3 is 11.9 Å². The first kappa shape index (κ1) is 26.4. The molecule has 1 rings (SSSR count). The van der Waals surface area contributed by atoms with Gasteiger partial charge in [0.1, 0.15) is 12.1 Å². The SMILES string of the molecule is CC(C)CC(NC(=O)CC1(CC(=O)O)OCCO1)C(=O)NC(CC(F)F)C(=O)C(=O)O. The molecule has 4 N–H and O–H groups in total. The van der Waals surface area contributed by atoms with E-state index in [0.29, 0.717) is 0 Å². The van der Waals surface area contributed by atoms with Crippen molar-refractivity contribution in [2.24, 2.45) is 5.92 Å². The molecular weight excluding hydrogens is 426 g/mol. The quantitative estimate of drug-likeness (QED) is 0.279. The van der Waals surface area contributed by atoms with Gasteiger partial charge in [-0.15, -0.1) is 0 Å². The third kappa shape index (κ3) is 8.92. The van der Waals surface area contributed by atoms with E-state index in [0.717, 1.165) is 0 Å². The highest BCUT2D eigenvalue weighted by Gasteiger charge is 2.42. The molecule has 2 atom stereocenters. The lowest BCUT2D eigenvalue weighted by atomic mass is 10.0. The van der Waals surface area contributed by atoms with Crippen LogP contribution in [0.25, 0.3) is 0 Å². The molecule has 0 aliphatic carbocycles. The molecule has 2 amide bonds. The van der Waals surface area contributed by atoms with Gasteiger partial charge < -0.3 is 30.3 Å². The average molecular weight is 452 g/mol. The molecule has 1 fully saturated rings. The van der Waals surface area contributed by atoms with Crippen LogP contribution in [0.15, 0.2) is 0 Å². The highest BCUT2D eigenvalue weighted by Crippen LogP contribution is 2.27. The van der Waals surface area contributed by atoms with Crippen LogP contribution in [0.3, 0.4) is 0 Å². The third-order valence-corrected chi connectivity index (χ3v) is 4.28. The Balaban J connectivity index is 2.91. The van der Waals surface area contributed by atoms with Crippen molar-refractivity contribution >= 4 is 29.5 Å². The van der Waals surface area contributed by atoms with Crippen molar-refractivity contribution in [3.63, 3.8) is 0 Å². The summed E-state index contributed by atoms with van der Waals surface area (Å²) < 4.78 is 35.9. The summed E-state index contributed by atoms with van der Waals surface area (Å²) in [6.45, 7) is 3.56. The second kappa shape index (κ2) is 11.6. The predicted molar refractivity (Wildman–Crippen MR) is 98.1 cm³/mol. The largest absolute Gasteiger partial charge is 0.481 e. The Morgan fingerprint density at radius 1 is 0.935 bits per heavy atom. The fourth-order valence-electron chi connectivity index (χ4n) is 3.02. The number of hydrogen-bond donors (Lipinski definition) is 4. The fraction of sp³-hybridized carbons (Fsp3) is 0.722. The Bertz CT molecular complexity index is 694. The molecular formula is C18H26F2N2O9.